The fourth-order valence-corrected chi connectivity index (χ4v) is 4.88. The number of carbonyl (C=O) groups excluding carboxylic acids is 1. The van der Waals surface area contributed by atoms with Gasteiger partial charge in [-0.25, -0.2) is 0 Å². The van der Waals surface area contributed by atoms with Gasteiger partial charge < -0.3 is 14.4 Å². The number of piperidine rings is 1. The summed E-state index contributed by atoms with van der Waals surface area (Å²) in [5.74, 6) is 0.762. The number of carbonyl (C=O) groups is 1. The molecule has 3 aliphatic rings. The maximum absolute atomic E-state index is 12.9. The molecule has 0 radical (unpaired) electrons. The van der Waals surface area contributed by atoms with Crippen molar-refractivity contribution in [2.45, 2.75) is 51.0 Å². The maximum atomic E-state index is 12.9. The van der Waals surface area contributed by atoms with Crippen LogP contribution in [-0.2, 0) is 9.47 Å². The molecule has 6 heteroatoms. The first-order valence-corrected chi connectivity index (χ1v) is 10.0. The monoisotopic (exact) mass is 359 g/mol. The maximum Gasteiger partial charge on any atom is 0.255 e. The zero-order valence-corrected chi connectivity index (χ0v) is 15.4. The second-order valence-electron chi connectivity index (χ2n) is 8.14. The number of aromatic nitrogens is 2. The average molecular weight is 359 g/mol. The van der Waals surface area contributed by atoms with Crippen LogP contribution in [0.5, 0.6) is 0 Å². The summed E-state index contributed by atoms with van der Waals surface area (Å²) in [6, 6.07) is 1.74. The summed E-state index contributed by atoms with van der Waals surface area (Å²) in [6.45, 7) is 3.83. The molecule has 142 valence electrons. The predicted molar refractivity (Wildman–Crippen MR) is 96.7 cm³/mol. The van der Waals surface area contributed by atoms with Crippen LogP contribution in [0.4, 0.5) is 0 Å². The lowest BCUT2D eigenvalue weighted by molar-refractivity contribution is -0.148. The molecule has 26 heavy (non-hydrogen) atoms. The predicted octanol–water partition coefficient (Wildman–Crippen LogP) is 2.69. The van der Waals surface area contributed by atoms with E-state index in [0.29, 0.717) is 18.7 Å². The third kappa shape index (κ3) is 3.76. The van der Waals surface area contributed by atoms with Crippen LogP contribution in [0.25, 0.3) is 0 Å². The fraction of sp³-hybridized carbons (Fsp3) is 0.750. The number of rotatable bonds is 5. The molecule has 4 rings (SSSR count). The molecule has 0 N–H and O–H groups in total. The van der Waals surface area contributed by atoms with Crippen LogP contribution in [0.1, 0.15) is 55.3 Å². The lowest BCUT2D eigenvalue weighted by Gasteiger charge is -2.50. The Morgan fingerprint density at radius 3 is 2.96 bits per heavy atom. The van der Waals surface area contributed by atoms with Crippen molar-refractivity contribution in [3.63, 3.8) is 0 Å². The van der Waals surface area contributed by atoms with Gasteiger partial charge in [0.1, 0.15) is 0 Å². The zero-order chi connectivity index (χ0) is 17.8. The quantitative estimate of drug-likeness (QED) is 0.809. The first kappa shape index (κ1) is 17.9. The molecule has 0 aromatic carbocycles. The normalized spacial score (nSPS) is 29.5. The van der Waals surface area contributed by atoms with E-state index in [2.05, 4.69) is 10.2 Å². The molecule has 0 bridgehead atoms. The fourth-order valence-electron chi connectivity index (χ4n) is 4.88. The third-order valence-electron chi connectivity index (χ3n) is 6.32. The zero-order valence-electron chi connectivity index (χ0n) is 15.4. The van der Waals surface area contributed by atoms with E-state index in [0.717, 1.165) is 44.9 Å². The number of nitrogens with zero attached hydrogens (tertiary/aromatic N) is 3. The topological polar surface area (TPSA) is 64.6 Å². The summed E-state index contributed by atoms with van der Waals surface area (Å²) in [5, 5.41) is 7.62. The molecule has 2 atom stereocenters. The number of hydrogen-bond acceptors (Lipinski definition) is 5. The Morgan fingerprint density at radius 1 is 1.27 bits per heavy atom. The minimum Gasteiger partial charge on any atom is -0.380 e. The van der Waals surface area contributed by atoms with Gasteiger partial charge in [0.2, 0.25) is 0 Å². The van der Waals surface area contributed by atoms with Crippen molar-refractivity contribution in [3.8, 4) is 0 Å². The molecule has 0 unspecified atom stereocenters. The Labute approximate surface area is 155 Å². The van der Waals surface area contributed by atoms with Crippen LogP contribution in [0.15, 0.2) is 18.5 Å². The van der Waals surface area contributed by atoms with E-state index in [1.807, 2.05) is 4.90 Å². The van der Waals surface area contributed by atoms with Gasteiger partial charge >= 0.3 is 0 Å². The van der Waals surface area contributed by atoms with Gasteiger partial charge in [-0.15, -0.1) is 0 Å². The molecular formula is C20H29N3O3. The molecule has 1 aromatic heterocycles. The summed E-state index contributed by atoms with van der Waals surface area (Å²) in [5.41, 5.74) is 0.544. The molecule has 1 aromatic rings. The Morgan fingerprint density at radius 2 is 2.15 bits per heavy atom. The van der Waals surface area contributed by atoms with Gasteiger partial charge in [0.05, 0.1) is 30.7 Å². The lowest BCUT2D eigenvalue weighted by Crippen LogP contribution is -2.58. The van der Waals surface area contributed by atoms with Crippen LogP contribution < -0.4 is 0 Å². The molecule has 1 saturated carbocycles. The summed E-state index contributed by atoms with van der Waals surface area (Å²) in [7, 11) is 0. The van der Waals surface area contributed by atoms with E-state index in [9.17, 15) is 4.79 Å². The third-order valence-corrected chi connectivity index (χ3v) is 6.32. The van der Waals surface area contributed by atoms with E-state index < -0.39 is 0 Å². The largest absolute Gasteiger partial charge is 0.380 e. The number of hydrogen-bond donors (Lipinski definition) is 0. The molecule has 0 spiro atoms. The van der Waals surface area contributed by atoms with Crippen molar-refractivity contribution in [3.05, 3.63) is 24.0 Å². The van der Waals surface area contributed by atoms with E-state index >= 15 is 0 Å². The van der Waals surface area contributed by atoms with Crippen molar-refractivity contribution in [2.24, 2.45) is 11.3 Å². The highest BCUT2D eigenvalue weighted by molar-refractivity contribution is 5.93. The molecule has 2 saturated heterocycles. The van der Waals surface area contributed by atoms with Crippen molar-refractivity contribution >= 4 is 5.91 Å². The van der Waals surface area contributed by atoms with Crippen LogP contribution in [0.2, 0.25) is 0 Å². The summed E-state index contributed by atoms with van der Waals surface area (Å²) < 4.78 is 12.3. The highest BCUT2D eigenvalue weighted by Crippen LogP contribution is 2.41. The Bertz CT molecular complexity index is 606. The second-order valence-corrected chi connectivity index (χ2v) is 8.14. The van der Waals surface area contributed by atoms with E-state index in [-0.39, 0.29) is 17.4 Å². The minimum absolute atomic E-state index is 0.0408. The second kappa shape index (κ2) is 8.01. The SMILES string of the molecule is O=C(c1ccnnc1)N1CC[C@@H]2OCCC[C@]2(COCC2CCCC2)C1. The van der Waals surface area contributed by atoms with Gasteiger partial charge in [-0.05, 0) is 44.1 Å². The molecule has 3 fully saturated rings. The molecule has 2 aliphatic heterocycles. The Kier molecular flexibility index (Phi) is 5.50. The Hall–Kier alpha value is -1.53. The highest BCUT2D eigenvalue weighted by Gasteiger charge is 2.47. The van der Waals surface area contributed by atoms with Crippen LogP contribution in [-0.4, -0.2) is 60.0 Å². The average Bonchev–Trinajstić information content (AvgIpc) is 3.21. The molecule has 1 amide bonds. The summed E-state index contributed by atoms with van der Waals surface area (Å²) >= 11 is 0. The van der Waals surface area contributed by atoms with Gasteiger partial charge in [-0.3, -0.25) is 4.79 Å². The first-order chi connectivity index (χ1) is 12.8. The standard InChI is InChI=1S/C20H29N3O3/c24-19(17-6-9-21-22-12-17)23-10-7-18-20(14-23,8-3-11-26-18)15-25-13-16-4-1-2-5-16/h6,9,12,16,18H,1-5,7-8,10-11,13-15H2/t18-,20+/m0/s1. The summed E-state index contributed by atoms with van der Waals surface area (Å²) in [4.78, 5) is 14.8. The van der Waals surface area contributed by atoms with Gasteiger partial charge in [-0.1, -0.05) is 12.8 Å². The van der Waals surface area contributed by atoms with Crippen molar-refractivity contribution in [1.82, 2.24) is 15.1 Å². The first-order valence-electron chi connectivity index (χ1n) is 10.0. The molecule has 3 heterocycles. The number of fused-ring (bicyclic) bond motifs is 1. The van der Waals surface area contributed by atoms with Crippen LogP contribution >= 0.6 is 0 Å². The van der Waals surface area contributed by atoms with Gasteiger partial charge in [0.15, 0.2) is 0 Å². The van der Waals surface area contributed by atoms with Gasteiger partial charge in [0, 0.05) is 31.7 Å². The van der Waals surface area contributed by atoms with Crippen molar-refractivity contribution in [1.29, 1.82) is 0 Å². The Balaban J connectivity index is 1.43. The van der Waals surface area contributed by atoms with Crippen molar-refractivity contribution < 1.29 is 14.3 Å². The molecule has 1 aliphatic carbocycles. The smallest absolute Gasteiger partial charge is 0.255 e. The number of likely N-dealkylation sites (tertiary alicyclic amines) is 1. The summed E-state index contributed by atoms with van der Waals surface area (Å²) in [6.07, 6.45) is 11.6. The minimum atomic E-state index is -0.0643. The number of ether oxygens (including phenoxy) is 2. The van der Waals surface area contributed by atoms with Gasteiger partial charge in [-0.2, -0.15) is 10.2 Å². The van der Waals surface area contributed by atoms with Crippen LogP contribution in [0, 0.1) is 11.3 Å². The van der Waals surface area contributed by atoms with E-state index in [1.165, 1.54) is 25.7 Å². The molecule has 6 nitrogen and oxygen atoms in total. The van der Waals surface area contributed by atoms with Crippen molar-refractivity contribution in [2.75, 3.05) is 32.9 Å². The molecular weight excluding hydrogens is 330 g/mol. The van der Waals surface area contributed by atoms with E-state index in [1.54, 1.807) is 18.5 Å². The van der Waals surface area contributed by atoms with E-state index in [4.69, 9.17) is 9.47 Å². The van der Waals surface area contributed by atoms with Crippen LogP contribution in [0.3, 0.4) is 0 Å². The highest BCUT2D eigenvalue weighted by atomic mass is 16.5. The lowest BCUT2D eigenvalue weighted by atomic mass is 9.73. The van der Waals surface area contributed by atoms with Gasteiger partial charge in [0.25, 0.3) is 5.91 Å². The number of amides is 1.